The smallest absolute Gasteiger partial charge is 0.294 e. The largest absolute Gasteiger partial charge is 0.390 e. The molecule has 3 rings (SSSR count). The minimum Gasteiger partial charge on any atom is -0.390 e. The van der Waals surface area contributed by atoms with Gasteiger partial charge in [-0.25, -0.2) is 4.98 Å². The number of fused-ring (bicyclic) bond motifs is 1. The first-order valence-electron chi connectivity index (χ1n) is 8.39. The number of aromatic nitrogens is 2. The van der Waals surface area contributed by atoms with Gasteiger partial charge in [-0.15, -0.1) is 0 Å². The van der Waals surface area contributed by atoms with E-state index < -0.39 is 10.5 Å². The first-order chi connectivity index (χ1) is 11.7. The number of likely N-dealkylation sites (tertiary alicyclic amines) is 1. The van der Waals surface area contributed by atoms with Crippen LogP contribution in [-0.4, -0.2) is 49.5 Å². The predicted octanol–water partition coefficient (Wildman–Crippen LogP) is 2.48. The van der Waals surface area contributed by atoms with Crippen LogP contribution in [0.4, 0.5) is 5.69 Å². The molecule has 0 atom stereocenters. The zero-order valence-electron chi connectivity index (χ0n) is 14.4. The van der Waals surface area contributed by atoms with E-state index in [0.717, 1.165) is 12.8 Å². The molecule has 134 valence electrons. The number of H-pyrrole nitrogens is 1. The number of benzene rings is 1. The van der Waals surface area contributed by atoms with Crippen LogP contribution in [0.2, 0.25) is 0 Å². The number of carbonyl (C=O) groups is 1. The van der Waals surface area contributed by atoms with Crippen molar-refractivity contribution in [2.75, 3.05) is 13.1 Å². The van der Waals surface area contributed by atoms with Crippen molar-refractivity contribution in [2.24, 2.45) is 5.92 Å². The van der Waals surface area contributed by atoms with Gasteiger partial charge in [-0.3, -0.25) is 14.9 Å². The van der Waals surface area contributed by atoms with Gasteiger partial charge in [0.25, 0.3) is 11.6 Å². The van der Waals surface area contributed by atoms with Crippen molar-refractivity contribution in [2.45, 2.75) is 38.7 Å². The highest BCUT2D eigenvalue weighted by atomic mass is 16.6. The highest BCUT2D eigenvalue weighted by Crippen LogP contribution is 2.27. The fraction of sp³-hybridized carbons (Fsp3) is 0.529. The summed E-state index contributed by atoms with van der Waals surface area (Å²) in [5.74, 6) is 0.276. The van der Waals surface area contributed by atoms with Crippen LogP contribution in [-0.2, 0) is 0 Å². The van der Waals surface area contributed by atoms with E-state index in [2.05, 4.69) is 9.97 Å². The first kappa shape index (κ1) is 17.3. The lowest BCUT2D eigenvalue weighted by Crippen LogP contribution is -2.40. The molecule has 0 bridgehead atoms. The molecule has 0 aliphatic carbocycles. The molecule has 1 saturated heterocycles. The van der Waals surface area contributed by atoms with E-state index in [9.17, 15) is 20.0 Å². The SMILES string of the molecule is CC(C)(O)CC1CCN(C(=O)c2nc3cccc([N+](=O)[O-])c3[nH]2)CC1. The van der Waals surface area contributed by atoms with Crippen LogP contribution in [0.1, 0.15) is 43.7 Å². The molecule has 2 aromatic rings. The number of imidazole rings is 1. The number of aromatic amines is 1. The van der Waals surface area contributed by atoms with Crippen molar-refractivity contribution in [3.63, 3.8) is 0 Å². The molecule has 1 fully saturated rings. The van der Waals surface area contributed by atoms with Crippen molar-refractivity contribution < 1.29 is 14.8 Å². The van der Waals surface area contributed by atoms with Crippen molar-refractivity contribution in [1.82, 2.24) is 14.9 Å². The number of rotatable bonds is 4. The number of nitro groups is 1. The molecule has 0 saturated carbocycles. The molecule has 1 aliphatic heterocycles. The molecule has 8 heteroatoms. The van der Waals surface area contributed by atoms with Gasteiger partial charge in [-0.2, -0.15) is 0 Å². The number of nitrogens with zero attached hydrogens (tertiary/aromatic N) is 3. The number of hydrogen-bond donors (Lipinski definition) is 2. The number of carbonyl (C=O) groups excluding carboxylic acids is 1. The second kappa shape index (κ2) is 6.44. The number of non-ortho nitro benzene ring substituents is 1. The second-order valence-electron chi connectivity index (χ2n) is 7.27. The third-order valence-electron chi connectivity index (χ3n) is 4.59. The first-order valence-corrected chi connectivity index (χ1v) is 8.39. The number of nitrogens with one attached hydrogen (secondary N) is 1. The third-order valence-corrected chi connectivity index (χ3v) is 4.59. The minimum absolute atomic E-state index is 0.0899. The Morgan fingerprint density at radius 1 is 1.44 bits per heavy atom. The molecule has 25 heavy (non-hydrogen) atoms. The molecule has 1 aliphatic rings. The summed E-state index contributed by atoms with van der Waals surface area (Å²) in [5, 5.41) is 21.0. The van der Waals surface area contributed by atoms with Gasteiger partial charge in [0.1, 0.15) is 5.52 Å². The zero-order valence-corrected chi connectivity index (χ0v) is 14.4. The van der Waals surface area contributed by atoms with Crippen LogP contribution < -0.4 is 0 Å². The fourth-order valence-corrected chi connectivity index (χ4v) is 3.47. The maximum absolute atomic E-state index is 12.7. The van der Waals surface area contributed by atoms with Crippen LogP contribution in [0.5, 0.6) is 0 Å². The summed E-state index contributed by atoms with van der Waals surface area (Å²) in [4.78, 5) is 32.0. The van der Waals surface area contributed by atoms with E-state index in [-0.39, 0.29) is 22.9 Å². The van der Waals surface area contributed by atoms with Crippen LogP contribution in [0.25, 0.3) is 11.0 Å². The number of nitro benzene ring substituents is 1. The lowest BCUT2D eigenvalue weighted by atomic mass is 9.86. The summed E-state index contributed by atoms with van der Waals surface area (Å²) < 4.78 is 0. The minimum atomic E-state index is -0.700. The molecular formula is C17H22N4O4. The topological polar surface area (TPSA) is 112 Å². The molecule has 0 radical (unpaired) electrons. The van der Waals surface area contributed by atoms with Crippen molar-refractivity contribution in [1.29, 1.82) is 0 Å². The lowest BCUT2D eigenvalue weighted by Gasteiger charge is -2.34. The van der Waals surface area contributed by atoms with Gasteiger partial charge in [-0.1, -0.05) is 6.07 Å². The maximum Gasteiger partial charge on any atom is 0.294 e. The van der Waals surface area contributed by atoms with Crippen LogP contribution in [0.15, 0.2) is 18.2 Å². The summed E-state index contributed by atoms with van der Waals surface area (Å²) in [6.07, 6.45) is 2.37. The van der Waals surface area contributed by atoms with Crippen LogP contribution >= 0.6 is 0 Å². The fourth-order valence-electron chi connectivity index (χ4n) is 3.47. The van der Waals surface area contributed by atoms with E-state index >= 15 is 0 Å². The van der Waals surface area contributed by atoms with Gasteiger partial charge >= 0.3 is 0 Å². The second-order valence-corrected chi connectivity index (χ2v) is 7.27. The molecule has 2 N–H and O–H groups in total. The zero-order chi connectivity index (χ0) is 18.2. The highest BCUT2D eigenvalue weighted by Gasteiger charge is 2.29. The van der Waals surface area contributed by atoms with Gasteiger partial charge in [0.05, 0.1) is 16.0 Å². The van der Waals surface area contributed by atoms with E-state index in [0.29, 0.717) is 30.9 Å². The lowest BCUT2D eigenvalue weighted by molar-refractivity contribution is -0.383. The molecule has 1 aromatic heterocycles. The Morgan fingerprint density at radius 3 is 2.72 bits per heavy atom. The van der Waals surface area contributed by atoms with E-state index in [1.54, 1.807) is 30.9 Å². The Kier molecular flexibility index (Phi) is 4.47. The standard InChI is InChI=1S/C17H22N4O4/c1-17(2,23)10-11-6-8-20(9-7-11)16(22)15-18-12-4-3-5-13(21(24)25)14(12)19-15/h3-5,11,23H,6-10H2,1-2H3,(H,18,19). The average molecular weight is 346 g/mol. The number of aliphatic hydroxyl groups is 1. The van der Waals surface area contributed by atoms with E-state index in [1.807, 2.05) is 0 Å². The van der Waals surface area contributed by atoms with Crippen LogP contribution in [0, 0.1) is 16.0 Å². The summed E-state index contributed by atoms with van der Waals surface area (Å²) >= 11 is 0. The predicted molar refractivity (Wildman–Crippen MR) is 92.3 cm³/mol. The summed E-state index contributed by atoms with van der Waals surface area (Å²) in [6, 6.07) is 4.58. The Morgan fingerprint density at radius 2 is 2.12 bits per heavy atom. The van der Waals surface area contributed by atoms with Gasteiger partial charge < -0.3 is 15.0 Å². The molecular weight excluding hydrogens is 324 g/mol. The van der Waals surface area contributed by atoms with E-state index in [4.69, 9.17) is 0 Å². The molecule has 0 unspecified atom stereocenters. The highest BCUT2D eigenvalue weighted by molar-refractivity contribution is 5.96. The molecule has 2 heterocycles. The normalized spacial score (nSPS) is 16.4. The maximum atomic E-state index is 12.7. The van der Waals surface area contributed by atoms with Crippen molar-refractivity contribution in [3.05, 3.63) is 34.1 Å². The number of hydrogen-bond acceptors (Lipinski definition) is 5. The number of amides is 1. The van der Waals surface area contributed by atoms with Gasteiger partial charge in [0, 0.05) is 19.2 Å². The quantitative estimate of drug-likeness (QED) is 0.652. The summed E-state index contributed by atoms with van der Waals surface area (Å²) in [6.45, 7) is 4.79. The average Bonchev–Trinajstić information content (AvgIpc) is 2.97. The Hall–Kier alpha value is -2.48. The Bertz CT molecular complexity index is 801. The Balaban J connectivity index is 1.73. The van der Waals surface area contributed by atoms with Gasteiger partial charge in [0.15, 0.2) is 5.82 Å². The van der Waals surface area contributed by atoms with Crippen molar-refractivity contribution >= 4 is 22.6 Å². The van der Waals surface area contributed by atoms with Crippen LogP contribution in [0.3, 0.4) is 0 Å². The Labute approximate surface area is 145 Å². The molecule has 1 amide bonds. The third kappa shape index (κ3) is 3.79. The summed E-state index contributed by atoms with van der Waals surface area (Å²) in [7, 11) is 0. The number of para-hydroxylation sites is 1. The van der Waals surface area contributed by atoms with Gasteiger partial charge in [0.2, 0.25) is 0 Å². The van der Waals surface area contributed by atoms with E-state index in [1.165, 1.54) is 6.07 Å². The van der Waals surface area contributed by atoms with Crippen molar-refractivity contribution in [3.8, 4) is 0 Å². The van der Waals surface area contributed by atoms with Gasteiger partial charge in [-0.05, 0) is 45.1 Å². The number of piperidine rings is 1. The summed E-state index contributed by atoms with van der Waals surface area (Å²) in [5.41, 5.74) is -0.107. The molecule has 8 nitrogen and oxygen atoms in total. The molecule has 1 aromatic carbocycles. The molecule has 0 spiro atoms. The monoisotopic (exact) mass is 346 g/mol.